The Bertz CT molecular complexity index is 1280. The summed E-state index contributed by atoms with van der Waals surface area (Å²) in [7, 11) is 3.07. The molecule has 1 aromatic heterocycles. The second-order valence-corrected chi connectivity index (χ2v) is 7.28. The Morgan fingerprint density at radius 3 is 2.25 bits per heavy atom. The highest BCUT2D eigenvalue weighted by molar-refractivity contribution is 5.95. The molecule has 1 heterocycles. The Morgan fingerprint density at radius 2 is 1.56 bits per heavy atom. The molecule has 7 heteroatoms. The van der Waals surface area contributed by atoms with Gasteiger partial charge in [-0.15, -0.1) is 0 Å². The zero-order chi connectivity index (χ0) is 22.5. The zero-order valence-corrected chi connectivity index (χ0v) is 17.9. The van der Waals surface area contributed by atoms with Gasteiger partial charge in [0.15, 0.2) is 0 Å². The van der Waals surface area contributed by atoms with E-state index >= 15 is 0 Å². The normalized spacial score (nSPS) is 10.7. The van der Waals surface area contributed by atoms with Crippen molar-refractivity contribution < 1.29 is 14.3 Å². The van der Waals surface area contributed by atoms with Crippen LogP contribution < -0.4 is 15.0 Å². The van der Waals surface area contributed by atoms with Crippen molar-refractivity contribution in [3.8, 4) is 11.5 Å². The summed E-state index contributed by atoms with van der Waals surface area (Å²) < 4.78 is 10.6. The average Bonchev–Trinajstić information content (AvgIpc) is 2.83. The van der Waals surface area contributed by atoms with Crippen molar-refractivity contribution >= 4 is 16.8 Å². The second kappa shape index (κ2) is 9.34. The van der Waals surface area contributed by atoms with Crippen LogP contribution in [-0.4, -0.2) is 35.0 Å². The molecule has 0 saturated carbocycles. The van der Waals surface area contributed by atoms with E-state index in [2.05, 4.69) is 9.97 Å². The largest absolute Gasteiger partial charge is 0.497 e. The number of para-hydroxylation sites is 1. The lowest BCUT2D eigenvalue weighted by atomic mass is 10.1. The van der Waals surface area contributed by atoms with Gasteiger partial charge in [-0.1, -0.05) is 42.5 Å². The van der Waals surface area contributed by atoms with Gasteiger partial charge < -0.3 is 19.4 Å². The maximum atomic E-state index is 13.5. The van der Waals surface area contributed by atoms with E-state index in [-0.39, 0.29) is 18.0 Å². The highest BCUT2D eigenvalue weighted by atomic mass is 16.5. The maximum absolute atomic E-state index is 13.5. The van der Waals surface area contributed by atoms with Crippen molar-refractivity contribution in [2.45, 2.75) is 13.1 Å². The molecule has 0 bridgehead atoms. The van der Waals surface area contributed by atoms with Gasteiger partial charge in [0.2, 0.25) is 0 Å². The monoisotopic (exact) mass is 429 g/mol. The van der Waals surface area contributed by atoms with Crippen LogP contribution in [-0.2, 0) is 13.1 Å². The molecule has 1 N–H and O–H groups in total. The zero-order valence-electron chi connectivity index (χ0n) is 17.9. The summed E-state index contributed by atoms with van der Waals surface area (Å²) in [6, 6.07) is 21.8. The van der Waals surface area contributed by atoms with E-state index in [4.69, 9.17) is 9.47 Å². The van der Waals surface area contributed by atoms with E-state index in [1.807, 2.05) is 36.4 Å². The van der Waals surface area contributed by atoms with Crippen molar-refractivity contribution in [1.29, 1.82) is 0 Å². The standard InChI is InChI=1S/C25H23N3O4/c1-31-19-12-18(13-20(14-19)32-2)25(30)28(15-17-8-4-3-5-9-17)16-23-26-22-11-7-6-10-21(22)24(29)27-23/h3-14H,15-16H2,1-2H3,(H,26,27,29). The Kier molecular flexibility index (Phi) is 6.17. The third-order valence-corrected chi connectivity index (χ3v) is 5.10. The fraction of sp³-hybridized carbons (Fsp3) is 0.160. The summed E-state index contributed by atoms with van der Waals surface area (Å²) in [6.07, 6.45) is 0. The third kappa shape index (κ3) is 4.62. The number of amides is 1. The van der Waals surface area contributed by atoms with Gasteiger partial charge in [-0.2, -0.15) is 0 Å². The van der Waals surface area contributed by atoms with Crippen LogP contribution in [0, 0.1) is 0 Å². The molecule has 0 spiro atoms. The van der Waals surface area contributed by atoms with Crippen molar-refractivity contribution in [3.05, 3.63) is 100 Å². The van der Waals surface area contributed by atoms with Crippen LogP contribution in [0.5, 0.6) is 11.5 Å². The number of nitrogens with zero attached hydrogens (tertiary/aromatic N) is 2. The molecule has 32 heavy (non-hydrogen) atoms. The molecular weight excluding hydrogens is 406 g/mol. The lowest BCUT2D eigenvalue weighted by Gasteiger charge is -2.23. The van der Waals surface area contributed by atoms with Crippen LogP contribution in [0.3, 0.4) is 0 Å². The predicted molar refractivity (Wildman–Crippen MR) is 122 cm³/mol. The first kappa shape index (κ1) is 21.1. The van der Waals surface area contributed by atoms with E-state index < -0.39 is 0 Å². The molecule has 3 aromatic carbocycles. The fourth-order valence-corrected chi connectivity index (χ4v) is 3.51. The number of H-pyrrole nitrogens is 1. The number of aromatic amines is 1. The maximum Gasteiger partial charge on any atom is 0.258 e. The number of nitrogens with one attached hydrogen (secondary N) is 1. The number of hydrogen-bond acceptors (Lipinski definition) is 5. The summed E-state index contributed by atoms with van der Waals surface area (Å²) in [5.41, 5.74) is 1.72. The molecule has 0 aliphatic carbocycles. The first-order valence-electron chi connectivity index (χ1n) is 10.1. The number of aromatic nitrogens is 2. The average molecular weight is 429 g/mol. The first-order valence-corrected chi connectivity index (χ1v) is 10.1. The first-order chi connectivity index (χ1) is 15.6. The SMILES string of the molecule is COc1cc(OC)cc(C(=O)N(Cc2ccccc2)Cc2nc3ccccc3c(=O)[nH]2)c1. The Balaban J connectivity index is 1.72. The van der Waals surface area contributed by atoms with Crippen LogP contribution in [0.15, 0.2) is 77.6 Å². The Labute approximate surface area is 185 Å². The van der Waals surface area contributed by atoms with Gasteiger partial charge in [0.1, 0.15) is 17.3 Å². The summed E-state index contributed by atoms with van der Waals surface area (Å²) in [6.45, 7) is 0.475. The Hall–Kier alpha value is -4.13. The molecule has 162 valence electrons. The van der Waals surface area contributed by atoms with Crippen LogP contribution >= 0.6 is 0 Å². The van der Waals surface area contributed by atoms with Gasteiger partial charge in [-0.25, -0.2) is 4.98 Å². The molecule has 1 amide bonds. The van der Waals surface area contributed by atoms with E-state index in [1.54, 1.807) is 41.3 Å². The third-order valence-electron chi connectivity index (χ3n) is 5.10. The van der Waals surface area contributed by atoms with Gasteiger partial charge in [-0.05, 0) is 29.8 Å². The summed E-state index contributed by atoms with van der Waals surface area (Å²) >= 11 is 0. The quantitative estimate of drug-likeness (QED) is 0.483. The Morgan fingerprint density at radius 1 is 0.906 bits per heavy atom. The number of hydrogen-bond donors (Lipinski definition) is 1. The number of ether oxygens (including phenoxy) is 2. The molecule has 0 fully saturated rings. The lowest BCUT2D eigenvalue weighted by molar-refractivity contribution is 0.0724. The molecule has 0 unspecified atom stereocenters. The number of rotatable bonds is 7. The molecule has 4 rings (SSSR count). The summed E-state index contributed by atoms with van der Waals surface area (Å²) in [4.78, 5) is 35.1. The minimum Gasteiger partial charge on any atom is -0.497 e. The minimum atomic E-state index is -0.235. The molecule has 4 aromatic rings. The van der Waals surface area contributed by atoms with Crippen LogP contribution in [0.1, 0.15) is 21.7 Å². The summed E-state index contributed by atoms with van der Waals surface area (Å²) in [5.74, 6) is 1.21. The highest BCUT2D eigenvalue weighted by Gasteiger charge is 2.20. The van der Waals surface area contributed by atoms with Crippen molar-refractivity contribution in [2.24, 2.45) is 0 Å². The smallest absolute Gasteiger partial charge is 0.258 e. The van der Waals surface area contributed by atoms with E-state index in [9.17, 15) is 9.59 Å². The lowest BCUT2D eigenvalue weighted by Crippen LogP contribution is -2.31. The van der Waals surface area contributed by atoms with Gasteiger partial charge in [0, 0.05) is 18.2 Å². The number of carbonyl (C=O) groups excluding carboxylic acids is 1. The van der Waals surface area contributed by atoms with Gasteiger partial charge in [0.05, 0.1) is 31.7 Å². The topological polar surface area (TPSA) is 84.5 Å². The summed E-state index contributed by atoms with van der Waals surface area (Å²) in [5, 5.41) is 0.509. The molecule has 0 atom stereocenters. The van der Waals surface area contributed by atoms with Crippen LogP contribution in [0.25, 0.3) is 10.9 Å². The minimum absolute atomic E-state index is 0.132. The van der Waals surface area contributed by atoms with Gasteiger partial charge in [0.25, 0.3) is 11.5 Å². The molecule has 0 saturated heterocycles. The number of methoxy groups -OCH3 is 2. The molecule has 0 radical (unpaired) electrons. The van der Waals surface area contributed by atoms with E-state index in [1.165, 1.54) is 14.2 Å². The van der Waals surface area contributed by atoms with Crippen molar-refractivity contribution in [3.63, 3.8) is 0 Å². The van der Waals surface area contributed by atoms with E-state index in [0.717, 1.165) is 5.56 Å². The number of benzene rings is 3. The van der Waals surface area contributed by atoms with Gasteiger partial charge in [-0.3, -0.25) is 9.59 Å². The fourth-order valence-electron chi connectivity index (χ4n) is 3.51. The molecule has 0 aliphatic rings. The predicted octanol–water partition coefficient (Wildman–Crippen LogP) is 3.78. The number of fused-ring (bicyclic) bond motifs is 1. The molecule has 0 aliphatic heterocycles. The van der Waals surface area contributed by atoms with E-state index in [0.29, 0.717) is 40.3 Å². The second-order valence-electron chi connectivity index (χ2n) is 7.28. The van der Waals surface area contributed by atoms with Gasteiger partial charge >= 0.3 is 0 Å². The van der Waals surface area contributed by atoms with Crippen molar-refractivity contribution in [1.82, 2.24) is 14.9 Å². The van der Waals surface area contributed by atoms with Crippen molar-refractivity contribution in [2.75, 3.05) is 14.2 Å². The highest BCUT2D eigenvalue weighted by Crippen LogP contribution is 2.24. The van der Waals surface area contributed by atoms with Crippen LogP contribution in [0.4, 0.5) is 0 Å². The molecular formula is C25H23N3O4. The molecule has 7 nitrogen and oxygen atoms in total. The van der Waals surface area contributed by atoms with Crippen LogP contribution in [0.2, 0.25) is 0 Å². The number of carbonyl (C=O) groups is 1.